The predicted octanol–water partition coefficient (Wildman–Crippen LogP) is 2.72. The molecule has 1 N–H and O–H groups in total. The molecule has 1 atom stereocenters. The number of alkyl halides is 2. The summed E-state index contributed by atoms with van der Waals surface area (Å²) in [6.45, 7) is 0.520. The van der Waals surface area contributed by atoms with E-state index in [1.54, 1.807) is 11.0 Å². The topological polar surface area (TPSA) is 53.7 Å². The number of thioether (sulfide) groups is 1. The van der Waals surface area contributed by atoms with Crippen molar-refractivity contribution in [2.24, 2.45) is 0 Å². The Morgan fingerprint density at radius 1 is 1.50 bits per heavy atom. The van der Waals surface area contributed by atoms with E-state index >= 15 is 0 Å². The number of aliphatic hydroxyl groups is 1. The van der Waals surface area contributed by atoms with E-state index in [1.807, 2.05) is 0 Å². The van der Waals surface area contributed by atoms with Crippen LogP contribution in [-0.4, -0.2) is 40.9 Å². The van der Waals surface area contributed by atoms with Crippen molar-refractivity contribution in [2.75, 3.05) is 13.2 Å². The second-order valence-corrected chi connectivity index (χ2v) is 5.65. The summed E-state index contributed by atoms with van der Waals surface area (Å²) in [4.78, 5) is 13.9. The van der Waals surface area contributed by atoms with E-state index in [9.17, 15) is 18.7 Å². The Bertz CT molecular complexity index is 453. The van der Waals surface area contributed by atoms with Crippen LogP contribution in [0.15, 0.2) is 16.5 Å². The first kappa shape index (κ1) is 15.3. The highest BCUT2D eigenvalue weighted by molar-refractivity contribution is 7.98. The number of furan rings is 1. The van der Waals surface area contributed by atoms with Crippen LogP contribution in [-0.2, 0) is 5.75 Å². The molecule has 1 aromatic heterocycles. The van der Waals surface area contributed by atoms with Crippen molar-refractivity contribution in [3.8, 4) is 0 Å². The van der Waals surface area contributed by atoms with E-state index in [0.717, 1.165) is 19.3 Å². The summed E-state index contributed by atoms with van der Waals surface area (Å²) < 4.78 is 29.5. The number of aliphatic hydroxyl groups excluding tert-OH is 1. The third kappa shape index (κ3) is 3.73. The summed E-state index contributed by atoms with van der Waals surface area (Å²) in [6, 6.07) is 2.87. The molecule has 1 saturated heterocycles. The molecule has 1 aliphatic rings. The third-order valence-electron chi connectivity index (χ3n) is 3.32. The maximum absolute atomic E-state index is 12.3. The smallest absolute Gasteiger partial charge is 0.289 e. The zero-order valence-electron chi connectivity index (χ0n) is 10.9. The fourth-order valence-electron chi connectivity index (χ4n) is 2.31. The van der Waals surface area contributed by atoms with Gasteiger partial charge in [-0.3, -0.25) is 4.79 Å². The monoisotopic (exact) mass is 305 g/mol. The molecule has 0 saturated carbocycles. The Hall–Kier alpha value is -1.08. The van der Waals surface area contributed by atoms with Crippen molar-refractivity contribution in [3.05, 3.63) is 23.7 Å². The van der Waals surface area contributed by atoms with Crippen LogP contribution < -0.4 is 0 Å². The highest BCUT2D eigenvalue weighted by Crippen LogP contribution is 2.24. The Kier molecular flexibility index (Phi) is 5.42. The van der Waals surface area contributed by atoms with E-state index in [4.69, 9.17) is 4.42 Å². The van der Waals surface area contributed by atoms with Gasteiger partial charge < -0.3 is 14.4 Å². The second kappa shape index (κ2) is 7.08. The Balaban J connectivity index is 2.01. The molecule has 0 aliphatic carbocycles. The van der Waals surface area contributed by atoms with Crippen LogP contribution in [0.4, 0.5) is 8.78 Å². The maximum Gasteiger partial charge on any atom is 0.289 e. The molecular weight excluding hydrogens is 288 g/mol. The molecule has 7 heteroatoms. The molecular formula is C13H17F2NO3S. The number of piperidine rings is 1. The van der Waals surface area contributed by atoms with E-state index < -0.39 is 5.76 Å². The van der Waals surface area contributed by atoms with E-state index in [-0.39, 0.29) is 30.1 Å². The fraction of sp³-hybridized carbons (Fsp3) is 0.615. The van der Waals surface area contributed by atoms with Gasteiger partial charge in [-0.2, -0.15) is 8.78 Å². The largest absolute Gasteiger partial charge is 0.455 e. The maximum atomic E-state index is 12.3. The van der Waals surface area contributed by atoms with Gasteiger partial charge in [0.05, 0.1) is 18.4 Å². The van der Waals surface area contributed by atoms with Crippen LogP contribution in [0.2, 0.25) is 0 Å². The molecule has 4 nitrogen and oxygen atoms in total. The highest BCUT2D eigenvalue weighted by Gasteiger charge is 2.28. The summed E-state index contributed by atoms with van der Waals surface area (Å²) in [5, 5.41) is 9.30. The second-order valence-electron chi connectivity index (χ2n) is 4.67. The predicted molar refractivity (Wildman–Crippen MR) is 71.8 cm³/mol. The number of amides is 1. The van der Waals surface area contributed by atoms with Crippen LogP contribution in [0.1, 0.15) is 35.6 Å². The zero-order valence-corrected chi connectivity index (χ0v) is 11.7. The van der Waals surface area contributed by atoms with Gasteiger partial charge in [0.2, 0.25) is 0 Å². The van der Waals surface area contributed by atoms with E-state index in [2.05, 4.69) is 0 Å². The van der Waals surface area contributed by atoms with Gasteiger partial charge in [0.25, 0.3) is 11.7 Å². The standard InChI is InChI=1S/C13H17F2NO3S/c14-13(15)20-8-10-4-5-11(19-10)12(18)16-6-2-1-3-9(16)7-17/h4-5,9,13,17H,1-3,6-8H2. The van der Waals surface area contributed by atoms with Crippen LogP contribution >= 0.6 is 11.8 Å². The lowest BCUT2D eigenvalue weighted by atomic mass is 10.0. The van der Waals surface area contributed by atoms with Gasteiger partial charge in [-0.25, -0.2) is 0 Å². The van der Waals surface area contributed by atoms with Gasteiger partial charge in [-0.05, 0) is 31.4 Å². The Labute approximate surface area is 120 Å². The minimum absolute atomic E-state index is 0.0361. The van der Waals surface area contributed by atoms with Gasteiger partial charge in [0.15, 0.2) is 5.76 Å². The quantitative estimate of drug-likeness (QED) is 0.909. The molecule has 1 aliphatic heterocycles. The minimum atomic E-state index is -2.46. The number of hydrogen-bond acceptors (Lipinski definition) is 4. The minimum Gasteiger partial charge on any atom is -0.455 e. The van der Waals surface area contributed by atoms with Crippen molar-refractivity contribution >= 4 is 17.7 Å². The van der Waals surface area contributed by atoms with Crippen LogP contribution in [0.5, 0.6) is 0 Å². The summed E-state index contributed by atoms with van der Waals surface area (Å²) in [7, 11) is 0. The molecule has 2 rings (SSSR count). The molecule has 1 aromatic rings. The van der Waals surface area contributed by atoms with Crippen LogP contribution in [0.3, 0.4) is 0 Å². The highest BCUT2D eigenvalue weighted by atomic mass is 32.2. The lowest BCUT2D eigenvalue weighted by molar-refractivity contribution is 0.0472. The first-order chi connectivity index (χ1) is 9.61. The average Bonchev–Trinajstić information content (AvgIpc) is 2.93. The average molecular weight is 305 g/mol. The lowest BCUT2D eigenvalue weighted by Gasteiger charge is -2.33. The number of nitrogens with zero attached hydrogens (tertiary/aromatic N) is 1. The number of hydrogen-bond donors (Lipinski definition) is 1. The van der Waals surface area contributed by atoms with Crippen LogP contribution in [0.25, 0.3) is 0 Å². The summed E-state index contributed by atoms with van der Waals surface area (Å²) in [5.74, 6) is -2.20. The normalized spacial score (nSPS) is 19.6. The van der Waals surface area contributed by atoms with Gasteiger partial charge in [-0.15, -0.1) is 0 Å². The van der Waals surface area contributed by atoms with Crippen LogP contribution in [0, 0.1) is 0 Å². The van der Waals surface area contributed by atoms with Gasteiger partial charge >= 0.3 is 0 Å². The summed E-state index contributed by atoms with van der Waals surface area (Å²) in [5.41, 5.74) is 0. The third-order valence-corrected chi connectivity index (χ3v) is 4.03. The Morgan fingerprint density at radius 2 is 2.30 bits per heavy atom. The molecule has 0 radical (unpaired) electrons. The molecule has 112 valence electrons. The molecule has 1 amide bonds. The molecule has 2 heterocycles. The first-order valence-electron chi connectivity index (χ1n) is 6.52. The van der Waals surface area contributed by atoms with Crippen molar-refractivity contribution in [1.29, 1.82) is 0 Å². The molecule has 1 fully saturated rings. The van der Waals surface area contributed by atoms with Crippen molar-refractivity contribution in [1.82, 2.24) is 4.90 Å². The summed E-state index contributed by atoms with van der Waals surface area (Å²) >= 11 is 0.458. The SMILES string of the molecule is O=C(c1ccc(CSC(F)F)o1)N1CCCCC1CO. The van der Waals surface area contributed by atoms with Gasteiger partial charge in [-0.1, -0.05) is 11.8 Å². The number of carbonyl (C=O) groups is 1. The van der Waals surface area contributed by atoms with Crippen molar-refractivity contribution in [3.63, 3.8) is 0 Å². The lowest BCUT2D eigenvalue weighted by Crippen LogP contribution is -2.45. The molecule has 0 spiro atoms. The Morgan fingerprint density at radius 3 is 3.00 bits per heavy atom. The molecule has 0 aromatic carbocycles. The van der Waals surface area contributed by atoms with Crippen molar-refractivity contribution in [2.45, 2.75) is 36.8 Å². The zero-order chi connectivity index (χ0) is 14.5. The fourth-order valence-corrected chi connectivity index (χ4v) is 2.76. The number of likely N-dealkylation sites (tertiary alicyclic amines) is 1. The van der Waals surface area contributed by atoms with E-state index in [1.165, 1.54) is 6.07 Å². The number of carbonyl (C=O) groups excluding carboxylic acids is 1. The van der Waals surface area contributed by atoms with Gasteiger partial charge in [0.1, 0.15) is 5.76 Å². The molecule has 1 unspecified atom stereocenters. The molecule has 0 bridgehead atoms. The molecule has 20 heavy (non-hydrogen) atoms. The van der Waals surface area contributed by atoms with E-state index in [0.29, 0.717) is 24.1 Å². The van der Waals surface area contributed by atoms with Gasteiger partial charge in [0, 0.05) is 6.54 Å². The number of rotatable bonds is 5. The van der Waals surface area contributed by atoms with Crippen molar-refractivity contribution < 1.29 is 23.1 Å². The summed E-state index contributed by atoms with van der Waals surface area (Å²) in [6.07, 6.45) is 2.66. The first-order valence-corrected chi connectivity index (χ1v) is 7.57. The number of halogens is 2.